The first-order chi connectivity index (χ1) is 11.8. The van der Waals surface area contributed by atoms with Crippen molar-refractivity contribution in [1.82, 2.24) is 4.98 Å². The molecule has 2 heterocycles. The lowest BCUT2D eigenvalue weighted by Gasteiger charge is -2.09. The number of amides is 1. The van der Waals surface area contributed by atoms with Crippen LogP contribution < -0.4 is 10.5 Å². The van der Waals surface area contributed by atoms with E-state index >= 15 is 0 Å². The van der Waals surface area contributed by atoms with Gasteiger partial charge in [0.1, 0.15) is 23.0 Å². The number of ether oxygens (including phenoxy) is 1. The number of carbonyl (C=O) groups excluding carboxylic acids is 1. The average Bonchev–Trinajstić information content (AvgIpc) is 2.90. The van der Waals surface area contributed by atoms with Gasteiger partial charge in [-0.3, -0.25) is 9.78 Å². The smallest absolute Gasteiger partial charge is 0.433 e. The standard InChI is InChI=1S/C16H10F4N2O2S/c17-9-2-3-11-10(5-9)13(14(25-11)15(21)23)24-7-8-1-4-12(22-6-8)16(18,19)20/h1-6H,7H2,(H2,21,23). The Bertz CT molecular complexity index is 936. The highest BCUT2D eigenvalue weighted by molar-refractivity contribution is 7.21. The fraction of sp³-hybridized carbons (Fsp3) is 0.125. The second-order valence-corrected chi connectivity index (χ2v) is 6.16. The Morgan fingerprint density at radius 1 is 1.24 bits per heavy atom. The molecule has 0 saturated heterocycles. The number of primary amides is 1. The quantitative estimate of drug-likeness (QED) is 0.702. The van der Waals surface area contributed by atoms with Gasteiger partial charge in [0.05, 0.1) is 0 Å². The molecular formula is C16H10F4N2O2S. The summed E-state index contributed by atoms with van der Waals surface area (Å²) >= 11 is 1.05. The Morgan fingerprint density at radius 3 is 2.60 bits per heavy atom. The molecule has 3 rings (SSSR count). The number of thiophene rings is 1. The molecule has 130 valence electrons. The summed E-state index contributed by atoms with van der Waals surface area (Å²) in [7, 11) is 0. The lowest BCUT2D eigenvalue weighted by molar-refractivity contribution is -0.141. The Morgan fingerprint density at radius 2 is 2.00 bits per heavy atom. The number of hydrogen-bond donors (Lipinski definition) is 1. The summed E-state index contributed by atoms with van der Waals surface area (Å²) in [6.45, 7) is -0.145. The normalized spacial score (nSPS) is 11.7. The van der Waals surface area contributed by atoms with Crippen molar-refractivity contribution in [3.63, 3.8) is 0 Å². The molecule has 0 atom stereocenters. The molecule has 0 aliphatic rings. The Hall–Kier alpha value is -2.68. The van der Waals surface area contributed by atoms with Crippen LogP contribution in [0.2, 0.25) is 0 Å². The fourth-order valence-electron chi connectivity index (χ4n) is 2.19. The minimum Gasteiger partial charge on any atom is -0.486 e. The minimum atomic E-state index is -4.53. The third kappa shape index (κ3) is 3.55. The molecule has 0 spiro atoms. The molecule has 0 aliphatic carbocycles. The molecule has 0 unspecified atom stereocenters. The van der Waals surface area contributed by atoms with Crippen LogP contribution in [0.3, 0.4) is 0 Å². The summed E-state index contributed by atoms with van der Waals surface area (Å²) in [5.74, 6) is -1.14. The molecule has 2 aromatic heterocycles. The highest BCUT2D eigenvalue weighted by Crippen LogP contribution is 2.38. The van der Waals surface area contributed by atoms with Crippen LogP contribution in [0.15, 0.2) is 36.5 Å². The summed E-state index contributed by atoms with van der Waals surface area (Å²) in [5.41, 5.74) is 4.66. The number of fused-ring (bicyclic) bond motifs is 1. The Balaban J connectivity index is 1.89. The van der Waals surface area contributed by atoms with Gasteiger partial charge in [0.15, 0.2) is 5.75 Å². The van der Waals surface area contributed by atoms with E-state index in [0.29, 0.717) is 15.6 Å². The number of benzene rings is 1. The van der Waals surface area contributed by atoms with Crippen molar-refractivity contribution in [1.29, 1.82) is 0 Å². The lowest BCUT2D eigenvalue weighted by atomic mass is 10.2. The fourth-order valence-corrected chi connectivity index (χ4v) is 3.17. The maximum atomic E-state index is 13.5. The maximum Gasteiger partial charge on any atom is 0.433 e. The van der Waals surface area contributed by atoms with Gasteiger partial charge in [0, 0.05) is 21.8 Å². The lowest BCUT2D eigenvalue weighted by Crippen LogP contribution is -2.11. The highest BCUT2D eigenvalue weighted by atomic mass is 32.1. The maximum absolute atomic E-state index is 13.5. The molecule has 0 aliphatic heterocycles. The van der Waals surface area contributed by atoms with E-state index in [1.54, 1.807) is 0 Å². The summed E-state index contributed by atoms with van der Waals surface area (Å²) < 4.78 is 57.1. The van der Waals surface area contributed by atoms with Crippen LogP contribution in [0.1, 0.15) is 20.9 Å². The van der Waals surface area contributed by atoms with Crippen molar-refractivity contribution in [2.45, 2.75) is 12.8 Å². The summed E-state index contributed by atoms with van der Waals surface area (Å²) in [4.78, 5) is 15.0. The van der Waals surface area contributed by atoms with Crippen LogP contribution in [0, 0.1) is 5.82 Å². The van der Waals surface area contributed by atoms with Crippen LogP contribution in [-0.2, 0) is 12.8 Å². The Labute approximate surface area is 142 Å². The number of nitrogens with zero attached hydrogens (tertiary/aromatic N) is 1. The number of pyridine rings is 1. The molecule has 4 nitrogen and oxygen atoms in total. The number of alkyl halides is 3. The van der Waals surface area contributed by atoms with Crippen LogP contribution in [-0.4, -0.2) is 10.9 Å². The molecule has 0 fully saturated rings. The van der Waals surface area contributed by atoms with Gasteiger partial charge in [-0.05, 0) is 24.3 Å². The van der Waals surface area contributed by atoms with Gasteiger partial charge in [-0.15, -0.1) is 11.3 Å². The molecule has 25 heavy (non-hydrogen) atoms. The summed E-state index contributed by atoms with van der Waals surface area (Å²) in [5, 5.41) is 0.374. The van der Waals surface area contributed by atoms with E-state index in [4.69, 9.17) is 10.5 Å². The van der Waals surface area contributed by atoms with Crippen LogP contribution in [0.25, 0.3) is 10.1 Å². The molecule has 2 N–H and O–H groups in total. The second-order valence-electron chi connectivity index (χ2n) is 5.10. The van der Waals surface area contributed by atoms with Crippen LogP contribution in [0.5, 0.6) is 5.75 Å². The van der Waals surface area contributed by atoms with Gasteiger partial charge in [0.25, 0.3) is 5.91 Å². The number of halogens is 4. The van der Waals surface area contributed by atoms with Gasteiger partial charge in [-0.25, -0.2) is 4.39 Å². The molecular weight excluding hydrogens is 360 g/mol. The first-order valence-electron chi connectivity index (χ1n) is 6.92. The van der Waals surface area contributed by atoms with Gasteiger partial charge < -0.3 is 10.5 Å². The SMILES string of the molecule is NC(=O)c1sc2ccc(F)cc2c1OCc1ccc(C(F)(F)F)nc1. The van der Waals surface area contributed by atoms with E-state index in [0.717, 1.165) is 23.6 Å². The van der Waals surface area contributed by atoms with Crippen LogP contribution in [0.4, 0.5) is 17.6 Å². The largest absolute Gasteiger partial charge is 0.486 e. The highest BCUT2D eigenvalue weighted by Gasteiger charge is 2.32. The summed E-state index contributed by atoms with van der Waals surface area (Å²) in [6, 6.07) is 5.99. The number of hydrogen-bond acceptors (Lipinski definition) is 4. The van der Waals surface area contributed by atoms with Crippen molar-refractivity contribution in [3.8, 4) is 5.75 Å². The second kappa shape index (κ2) is 6.32. The molecule has 9 heteroatoms. The van der Waals surface area contributed by atoms with E-state index in [1.165, 1.54) is 24.3 Å². The Kier molecular flexibility index (Phi) is 4.34. The summed E-state index contributed by atoms with van der Waals surface area (Å²) in [6.07, 6.45) is -3.50. The zero-order valence-corrected chi connectivity index (χ0v) is 13.2. The zero-order chi connectivity index (χ0) is 18.2. The topological polar surface area (TPSA) is 65.2 Å². The first-order valence-corrected chi connectivity index (χ1v) is 7.74. The van der Waals surface area contributed by atoms with Gasteiger partial charge >= 0.3 is 6.18 Å². The third-order valence-electron chi connectivity index (χ3n) is 3.33. The van der Waals surface area contributed by atoms with E-state index < -0.39 is 23.6 Å². The van der Waals surface area contributed by atoms with Gasteiger partial charge in [-0.2, -0.15) is 13.2 Å². The number of nitrogens with two attached hydrogens (primary N) is 1. The first kappa shape index (κ1) is 17.2. The molecule has 0 bridgehead atoms. The molecule has 1 aromatic carbocycles. The van der Waals surface area contributed by atoms with Crippen molar-refractivity contribution in [3.05, 3.63) is 58.5 Å². The number of aromatic nitrogens is 1. The monoisotopic (exact) mass is 370 g/mol. The van der Waals surface area contributed by atoms with Gasteiger partial charge in [0.2, 0.25) is 0 Å². The van der Waals surface area contributed by atoms with E-state index in [9.17, 15) is 22.4 Å². The van der Waals surface area contributed by atoms with E-state index in [-0.39, 0.29) is 17.2 Å². The van der Waals surface area contributed by atoms with Gasteiger partial charge in [-0.1, -0.05) is 6.07 Å². The zero-order valence-electron chi connectivity index (χ0n) is 12.4. The van der Waals surface area contributed by atoms with Crippen molar-refractivity contribution in [2.75, 3.05) is 0 Å². The van der Waals surface area contributed by atoms with Crippen molar-refractivity contribution < 1.29 is 27.1 Å². The predicted molar refractivity (Wildman–Crippen MR) is 83.9 cm³/mol. The number of rotatable bonds is 4. The number of carbonyl (C=O) groups is 1. The molecule has 3 aromatic rings. The average molecular weight is 370 g/mol. The van der Waals surface area contributed by atoms with Crippen molar-refractivity contribution >= 4 is 27.3 Å². The van der Waals surface area contributed by atoms with E-state index in [2.05, 4.69) is 4.98 Å². The van der Waals surface area contributed by atoms with E-state index in [1.807, 2.05) is 0 Å². The van der Waals surface area contributed by atoms with Crippen molar-refractivity contribution in [2.24, 2.45) is 5.73 Å². The third-order valence-corrected chi connectivity index (χ3v) is 4.49. The minimum absolute atomic E-state index is 0.104. The van der Waals surface area contributed by atoms with Crippen LogP contribution >= 0.6 is 11.3 Å². The molecule has 1 amide bonds. The molecule has 0 saturated carbocycles. The molecule has 0 radical (unpaired) electrons. The predicted octanol–water partition coefficient (Wildman–Crippen LogP) is 4.13.